The molecule has 17 heavy (non-hydrogen) atoms. The standard InChI is InChI=1S/C13H15N3O/c1-2-10-3-6-14-15-13(10)17-12-9-16-7-4-11(12)5-8-16/h1,3,6,11-12H,4-5,7-9H2. The van der Waals surface area contributed by atoms with Crippen LogP contribution in [-0.2, 0) is 0 Å². The lowest BCUT2D eigenvalue weighted by molar-refractivity contribution is -0.0105. The van der Waals surface area contributed by atoms with E-state index in [9.17, 15) is 0 Å². The number of aromatic nitrogens is 2. The molecule has 4 nitrogen and oxygen atoms in total. The number of piperidine rings is 3. The minimum Gasteiger partial charge on any atom is -0.471 e. The highest BCUT2D eigenvalue weighted by molar-refractivity contribution is 5.38. The second-order valence-corrected chi connectivity index (χ2v) is 4.69. The molecule has 3 aliphatic heterocycles. The zero-order valence-corrected chi connectivity index (χ0v) is 9.67. The summed E-state index contributed by atoms with van der Waals surface area (Å²) in [4.78, 5) is 2.44. The predicted molar refractivity (Wildman–Crippen MR) is 63.5 cm³/mol. The molecule has 4 heteroatoms. The van der Waals surface area contributed by atoms with Gasteiger partial charge in [0.2, 0.25) is 5.88 Å². The van der Waals surface area contributed by atoms with E-state index in [0.29, 0.717) is 17.4 Å². The van der Waals surface area contributed by atoms with Gasteiger partial charge in [-0.2, -0.15) is 5.10 Å². The maximum absolute atomic E-state index is 5.95. The van der Waals surface area contributed by atoms with Gasteiger partial charge >= 0.3 is 0 Å². The van der Waals surface area contributed by atoms with Crippen LogP contribution >= 0.6 is 0 Å². The Bertz CT molecular complexity index is 446. The van der Waals surface area contributed by atoms with E-state index >= 15 is 0 Å². The van der Waals surface area contributed by atoms with E-state index in [1.54, 1.807) is 12.3 Å². The van der Waals surface area contributed by atoms with Gasteiger partial charge in [0.15, 0.2) is 0 Å². The maximum atomic E-state index is 5.95. The topological polar surface area (TPSA) is 38.3 Å². The van der Waals surface area contributed by atoms with Crippen molar-refractivity contribution in [1.29, 1.82) is 0 Å². The second kappa shape index (κ2) is 4.34. The molecule has 0 radical (unpaired) electrons. The molecule has 1 atom stereocenters. The van der Waals surface area contributed by atoms with Gasteiger partial charge in [-0.05, 0) is 37.9 Å². The van der Waals surface area contributed by atoms with Crippen molar-refractivity contribution in [2.45, 2.75) is 18.9 Å². The van der Waals surface area contributed by atoms with Crippen LogP contribution in [0.25, 0.3) is 0 Å². The predicted octanol–water partition coefficient (Wildman–Crippen LogP) is 0.931. The molecule has 1 unspecified atom stereocenters. The zero-order chi connectivity index (χ0) is 11.7. The van der Waals surface area contributed by atoms with Gasteiger partial charge in [-0.15, -0.1) is 11.5 Å². The number of hydrogen-bond acceptors (Lipinski definition) is 4. The average Bonchev–Trinajstić information content (AvgIpc) is 2.41. The molecule has 0 aliphatic carbocycles. The van der Waals surface area contributed by atoms with E-state index in [-0.39, 0.29) is 6.10 Å². The molecular weight excluding hydrogens is 214 g/mol. The first-order valence-electron chi connectivity index (χ1n) is 6.04. The van der Waals surface area contributed by atoms with Gasteiger partial charge in [-0.25, -0.2) is 0 Å². The molecule has 1 aromatic rings. The number of nitrogens with zero attached hydrogens (tertiary/aromatic N) is 3. The summed E-state index contributed by atoms with van der Waals surface area (Å²) in [6.45, 7) is 3.39. The third kappa shape index (κ3) is 1.98. The van der Waals surface area contributed by atoms with E-state index in [2.05, 4.69) is 21.0 Å². The minimum atomic E-state index is 0.223. The van der Waals surface area contributed by atoms with Crippen LogP contribution in [0.15, 0.2) is 12.3 Å². The molecule has 4 heterocycles. The summed E-state index contributed by atoms with van der Waals surface area (Å²) >= 11 is 0. The number of ether oxygens (including phenoxy) is 1. The number of terminal acetylenes is 1. The van der Waals surface area contributed by atoms with Gasteiger partial charge < -0.3 is 4.74 Å². The Hall–Kier alpha value is -1.60. The van der Waals surface area contributed by atoms with Crippen LogP contribution in [0.5, 0.6) is 5.88 Å². The molecule has 4 rings (SSSR count). The summed E-state index contributed by atoms with van der Waals surface area (Å²) in [5, 5.41) is 7.83. The average molecular weight is 229 g/mol. The molecule has 88 valence electrons. The Morgan fingerprint density at radius 2 is 2.24 bits per heavy atom. The summed E-state index contributed by atoms with van der Waals surface area (Å²) < 4.78 is 5.95. The Morgan fingerprint density at radius 1 is 1.41 bits per heavy atom. The Balaban J connectivity index is 1.77. The molecule has 1 aromatic heterocycles. The summed E-state index contributed by atoms with van der Waals surface area (Å²) in [5.41, 5.74) is 0.691. The van der Waals surface area contributed by atoms with Crippen LogP contribution in [0, 0.1) is 18.3 Å². The normalized spacial score (nSPS) is 30.9. The first-order chi connectivity index (χ1) is 8.36. The van der Waals surface area contributed by atoms with Gasteiger partial charge in [0.05, 0.1) is 11.8 Å². The van der Waals surface area contributed by atoms with Crippen molar-refractivity contribution in [3.63, 3.8) is 0 Å². The van der Waals surface area contributed by atoms with Crippen molar-refractivity contribution < 1.29 is 4.74 Å². The van der Waals surface area contributed by atoms with E-state index in [4.69, 9.17) is 11.2 Å². The lowest BCUT2D eigenvalue weighted by atomic mass is 9.86. The van der Waals surface area contributed by atoms with E-state index in [1.165, 1.54) is 25.9 Å². The smallest absolute Gasteiger partial charge is 0.249 e. The summed E-state index contributed by atoms with van der Waals surface area (Å²) in [5.74, 6) is 3.74. The Morgan fingerprint density at radius 3 is 2.88 bits per heavy atom. The maximum Gasteiger partial charge on any atom is 0.249 e. The van der Waals surface area contributed by atoms with Crippen molar-refractivity contribution in [2.24, 2.45) is 5.92 Å². The van der Waals surface area contributed by atoms with Gasteiger partial charge in [0.25, 0.3) is 0 Å². The van der Waals surface area contributed by atoms with Crippen molar-refractivity contribution in [3.8, 4) is 18.2 Å². The first kappa shape index (κ1) is 10.5. The minimum absolute atomic E-state index is 0.223. The van der Waals surface area contributed by atoms with E-state index < -0.39 is 0 Å². The highest BCUT2D eigenvalue weighted by atomic mass is 16.5. The van der Waals surface area contributed by atoms with Crippen LogP contribution in [0.1, 0.15) is 18.4 Å². The van der Waals surface area contributed by atoms with E-state index in [1.807, 2.05) is 0 Å². The van der Waals surface area contributed by atoms with Gasteiger partial charge in [0.1, 0.15) is 6.10 Å². The molecule has 3 fully saturated rings. The monoisotopic (exact) mass is 229 g/mol. The van der Waals surface area contributed by atoms with Crippen LogP contribution in [-0.4, -0.2) is 40.8 Å². The quantitative estimate of drug-likeness (QED) is 0.707. The van der Waals surface area contributed by atoms with Crippen molar-refractivity contribution in [1.82, 2.24) is 15.1 Å². The van der Waals surface area contributed by atoms with Crippen LogP contribution in [0.3, 0.4) is 0 Å². The molecule has 0 aromatic carbocycles. The molecule has 2 bridgehead atoms. The summed E-state index contributed by atoms with van der Waals surface area (Å²) in [7, 11) is 0. The largest absolute Gasteiger partial charge is 0.471 e. The highest BCUT2D eigenvalue weighted by Crippen LogP contribution is 2.30. The fraction of sp³-hybridized carbons (Fsp3) is 0.538. The van der Waals surface area contributed by atoms with Gasteiger partial charge in [0, 0.05) is 6.54 Å². The van der Waals surface area contributed by atoms with Crippen molar-refractivity contribution in [3.05, 3.63) is 17.8 Å². The molecule has 0 spiro atoms. The Kier molecular flexibility index (Phi) is 2.69. The zero-order valence-electron chi connectivity index (χ0n) is 9.67. The fourth-order valence-electron chi connectivity index (χ4n) is 2.70. The third-order valence-corrected chi connectivity index (χ3v) is 3.70. The molecule has 0 N–H and O–H groups in total. The number of fused-ring (bicyclic) bond motifs is 3. The van der Waals surface area contributed by atoms with Crippen LogP contribution < -0.4 is 4.74 Å². The fourth-order valence-corrected chi connectivity index (χ4v) is 2.70. The van der Waals surface area contributed by atoms with Crippen LogP contribution in [0.4, 0.5) is 0 Å². The van der Waals surface area contributed by atoms with E-state index in [0.717, 1.165) is 6.54 Å². The summed E-state index contributed by atoms with van der Waals surface area (Å²) in [6, 6.07) is 1.77. The second-order valence-electron chi connectivity index (χ2n) is 4.69. The lowest BCUT2D eigenvalue weighted by Crippen LogP contribution is -2.52. The molecule has 3 aliphatic rings. The molecule has 0 amide bonds. The molecule has 3 saturated heterocycles. The first-order valence-corrected chi connectivity index (χ1v) is 6.04. The highest BCUT2D eigenvalue weighted by Gasteiger charge is 2.36. The lowest BCUT2D eigenvalue weighted by Gasteiger charge is -2.44. The van der Waals surface area contributed by atoms with Crippen molar-refractivity contribution in [2.75, 3.05) is 19.6 Å². The van der Waals surface area contributed by atoms with Crippen molar-refractivity contribution >= 4 is 0 Å². The molecular formula is C13H15N3O. The number of hydrogen-bond donors (Lipinski definition) is 0. The SMILES string of the molecule is C#Cc1ccnnc1OC1CN2CCC1CC2. The van der Waals surface area contributed by atoms with Gasteiger partial charge in [-0.3, -0.25) is 4.90 Å². The Labute approximate surface area is 101 Å². The molecule has 0 saturated carbocycles. The number of rotatable bonds is 2. The summed E-state index contributed by atoms with van der Waals surface area (Å²) in [6.07, 6.45) is 9.68. The third-order valence-electron chi connectivity index (χ3n) is 3.70. The van der Waals surface area contributed by atoms with Crippen LogP contribution in [0.2, 0.25) is 0 Å². The van der Waals surface area contributed by atoms with Gasteiger partial charge in [-0.1, -0.05) is 5.92 Å².